The largest absolute Gasteiger partial charge is 0.321 e. The molecule has 0 aliphatic rings. The van der Waals surface area contributed by atoms with Gasteiger partial charge in [0.05, 0.1) is 0 Å². The van der Waals surface area contributed by atoms with E-state index in [1.54, 1.807) is 48.5 Å². The second-order valence-electron chi connectivity index (χ2n) is 7.27. The van der Waals surface area contributed by atoms with Gasteiger partial charge in [-0.3, -0.25) is 9.59 Å². The van der Waals surface area contributed by atoms with E-state index < -0.39 is 5.91 Å². The molecule has 6 heteroatoms. The van der Waals surface area contributed by atoms with Crippen molar-refractivity contribution in [2.24, 2.45) is 0 Å². The molecular formula is C28H21ClN2O2S. The standard InChI is InChI=1S/C28H21ClN2O2S/c29-22-16-18-24(19-17-22)34-26(20-10-4-1-5-11-20)25(28(33)30-23-14-8-3-9-15-23)31-27(32)21-12-6-2-7-13-21/h1-19H,(H,30,33)(H,31,32)/b26-25+. The van der Waals surface area contributed by atoms with Gasteiger partial charge in [0.2, 0.25) is 0 Å². The maximum Gasteiger partial charge on any atom is 0.273 e. The van der Waals surface area contributed by atoms with Crippen LogP contribution >= 0.6 is 23.4 Å². The summed E-state index contributed by atoms with van der Waals surface area (Å²) < 4.78 is 0. The molecule has 4 nitrogen and oxygen atoms in total. The molecule has 4 aromatic carbocycles. The van der Waals surface area contributed by atoms with Crippen LogP contribution in [0.25, 0.3) is 4.91 Å². The monoisotopic (exact) mass is 484 g/mol. The van der Waals surface area contributed by atoms with Crippen molar-refractivity contribution in [3.63, 3.8) is 0 Å². The van der Waals surface area contributed by atoms with Crippen molar-refractivity contribution >= 4 is 45.8 Å². The summed E-state index contributed by atoms with van der Waals surface area (Å²) in [4.78, 5) is 28.1. The Bertz CT molecular complexity index is 1290. The Morgan fingerprint density at radius 2 is 1.18 bits per heavy atom. The van der Waals surface area contributed by atoms with E-state index in [1.165, 1.54) is 11.8 Å². The Balaban J connectivity index is 1.80. The summed E-state index contributed by atoms with van der Waals surface area (Å²) in [5.74, 6) is -0.792. The highest BCUT2D eigenvalue weighted by molar-refractivity contribution is 8.08. The summed E-state index contributed by atoms with van der Waals surface area (Å²) in [7, 11) is 0. The van der Waals surface area contributed by atoms with Crippen molar-refractivity contribution in [2.45, 2.75) is 4.90 Å². The van der Waals surface area contributed by atoms with Gasteiger partial charge in [-0.15, -0.1) is 0 Å². The number of carbonyl (C=O) groups is 2. The maximum atomic E-state index is 13.5. The summed E-state index contributed by atoms with van der Waals surface area (Å²) in [5.41, 5.74) is 2.04. The van der Waals surface area contributed by atoms with E-state index in [0.717, 1.165) is 10.5 Å². The van der Waals surface area contributed by atoms with E-state index in [9.17, 15) is 9.59 Å². The fourth-order valence-corrected chi connectivity index (χ4v) is 4.30. The molecule has 168 valence electrons. The lowest BCUT2D eigenvalue weighted by Gasteiger charge is -2.17. The van der Waals surface area contributed by atoms with E-state index in [4.69, 9.17) is 11.6 Å². The van der Waals surface area contributed by atoms with Crippen molar-refractivity contribution < 1.29 is 9.59 Å². The van der Waals surface area contributed by atoms with Crippen LogP contribution < -0.4 is 10.6 Å². The van der Waals surface area contributed by atoms with Crippen molar-refractivity contribution in [3.8, 4) is 0 Å². The molecule has 0 unspecified atom stereocenters. The summed E-state index contributed by atoms with van der Waals surface area (Å²) in [6, 6.07) is 34.8. The molecular weight excluding hydrogens is 464 g/mol. The Labute approximate surface area is 207 Å². The van der Waals surface area contributed by atoms with Gasteiger partial charge in [0.1, 0.15) is 5.70 Å². The minimum Gasteiger partial charge on any atom is -0.321 e. The van der Waals surface area contributed by atoms with Crippen molar-refractivity contribution in [2.75, 3.05) is 5.32 Å². The Hall–Kier alpha value is -3.80. The van der Waals surface area contributed by atoms with Crippen molar-refractivity contribution in [1.29, 1.82) is 0 Å². The minimum absolute atomic E-state index is 0.156. The molecule has 0 bridgehead atoms. The number of amides is 2. The number of carbonyl (C=O) groups excluding carboxylic acids is 2. The minimum atomic E-state index is -0.421. The average molecular weight is 485 g/mol. The van der Waals surface area contributed by atoms with Crippen LogP contribution in [0.2, 0.25) is 5.02 Å². The SMILES string of the molecule is O=C(Nc1ccccc1)/C(NC(=O)c1ccccc1)=C(\Sc1ccc(Cl)cc1)c1ccccc1. The molecule has 0 saturated carbocycles. The first-order valence-corrected chi connectivity index (χ1v) is 11.8. The van der Waals surface area contributed by atoms with Gasteiger partial charge in [0.25, 0.3) is 11.8 Å². The van der Waals surface area contributed by atoms with Gasteiger partial charge in [0.15, 0.2) is 0 Å². The molecule has 0 saturated heterocycles. The molecule has 0 aromatic heterocycles. The number of hydrogen-bond donors (Lipinski definition) is 2. The smallest absolute Gasteiger partial charge is 0.273 e. The second kappa shape index (κ2) is 11.4. The number of anilines is 1. The van der Waals surface area contributed by atoms with E-state index in [-0.39, 0.29) is 11.6 Å². The number of benzene rings is 4. The van der Waals surface area contributed by atoms with E-state index in [0.29, 0.717) is 21.2 Å². The number of halogens is 1. The molecule has 0 fully saturated rings. The third kappa shape index (κ3) is 6.16. The molecule has 0 aliphatic carbocycles. The second-order valence-corrected chi connectivity index (χ2v) is 8.79. The van der Waals surface area contributed by atoms with Gasteiger partial charge in [0, 0.05) is 26.1 Å². The van der Waals surface area contributed by atoms with Crippen LogP contribution in [0.15, 0.2) is 126 Å². The molecule has 2 N–H and O–H groups in total. The maximum absolute atomic E-state index is 13.5. The molecule has 0 heterocycles. The summed E-state index contributed by atoms with van der Waals surface area (Å²) >= 11 is 7.44. The molecule has 34 heavy (non-hydrogen) atoms. The Kier molecular flexibility index (Phi) is 7.81. The van der Waals surface area contributed by atoms with Crippen LogP contribution in [-0.2, 0) is 4.79 Å². The van der Waals surface area contributed by atoms with Gasteiger partial charge in [-0.2, -0.15) is 0 Å². The van der Waals surface area contributed by atoms with Crippen molar-refractivity contribution in [1.82, 2.24) is 5.32 Å². The van der Waals surface area contributed by atoms with Crippen LogP contribution in [0.4, 0.5) is 5.69 Å². The number of hydrogen-bond acceptors (Lipinski definition) is 3. The van der Waals surface area contributed by atoms with Gasteiger partial charge in [-0.25, -0.2) is 0 Å². The quantitative estimate of drug-likeness (QED) is 0.222. The molecule has 0 radical (unpaired) electrons. The zero-order chi connectivity index (χ0) is 23.8. The fourth-order valence-electron chi connectivity index (χ4n) is 3.17. The zero-order valence-corrected chi connectivity index (χ0v) is 19.6. The summed E-state index contributed by atoms with van der Waals surface area (Å²) in [6.45, 7) is 0. The Morgan fingerprint density at radius 1 is 0.647 bits per heavy atom. The normalized spacial score (nSPS) is 11.3. The summed E-state index contributed by atoms with van der Waals surface area (Å²) in [6.07, 6.45) is 0. The van der Waals surface area contributed by atoms with Gasteiger partial charge < -0.3 is 10.6 Å². The van der Waals surface area contributed by atoms with Gasteiger partial charge in [-0.05, 0) is 54.1 Å². The van der Waals surface area contributed by atoms with E-state index >= 15 is 0 Å². The lowest BCUT2D eigenvalue weighted by atomic mass is 10.1. The van der Waals surface area contributed by atoms with Crippen LogP contribution in [0.3, 0.4) is 0 Å². The van der Waals surface area contributed by atoms with Crippen LogP contribution in [0.5, 0.6) is 0 Å². The van der Waals surface area contributed by atoms with Crippen LogP contribution in [0, 0.1) is 0 Å². The lowest BCUT2D eigenvalue weighted by molar-refractivity contribution is -0.113. The fraction of sp³-hybridized carbons (Fsp3) is 0. The predicted molar refractivity (Wildman–Crippen MR) is 140 cm³/mol. The highest BCUT2D eigenvalue weighted by Gasteiger charge is 2.22. The number of nitrogens with one attached hydrogen (secondary N) is 2. The number of rotatable bonds is 7. The third-order valence-corrected chi connectivity index (χ3v) is 6.23. The first kappa shape index (κ1) is 23.4. The molecule has 0 atom stereocenters. The highest BCUT2D eigenvalue weighted by atomic mass is 35.5. The first-order chi connectivity index (χ1) is 16.6. The highest BCUT2D eigenvalue weighted by Crippen LogP contribution is 2.37. The average Bonchev–Trinajstić information content (AvgIpc) is 2.88. The topological polar surface area (TPSA) is 58.2 Å². The zero-order valence-electron chi connectivity index (χ0n) is 18.1. The molecule has 2 amide bonds. The third-order valence-electron chi connectivity index (χ3n) is 4.83. The number of para-hydroxylation sites is 1. The van der Waals surface area contributed by atoms with Crippen LogP contribution in [-0.4, -0.2) is 11.8 Å². The van der Waals surface area contributed by atoms with Crippen LogP contribution in [0.1, 0.15) is 15.9 Å². The lowest BCUT2D eigenvalue weighted by Crippen LogP contribution is -2.31. The van der Waals surface area contributed by atoms with Crippen molar-refractivity contribution in [3.05, 3.63) is 137 Å². The molecule has 4 aromatic rings. The van der Waals surface area contributed by atoms with Gasteiger partial charge in [-0.1, -0.05) is 90.1 Å². The predicted octanol–water partition coefficient (Wildman–Crippen LogP) is 6.87. The number of thioether (sulfide) groups is 1. The van der Waals surface area contributed by atoms with Gasteiger partial charge >= 0.3 is 0 Å². The molecule has 4 rings (SSSR count). The van der Waals surface area contributed by atoms with E-state index in [2.05, 4.69) is 10.6 Å². The molecule has 0 spiro atoms. The molecule has 0 aliphatic heterocycles. The summed E-state index contributed by atoms with van der Waals surface area (Å²) in [5, 5.41) is 6.38. The Morgan fingerprint density at radius 3 is 1.76 bits per heavy atom. The first-order valence-electron chi connectivity index (χ1n) is 10.6. The van der Waals surface area contributed by atoms with E-state index in [1.807, 2.05) is 66.7 Å².